The first kappa shape index (κ1) is 23.5. The Morgan fingerprint density at radius 2 is 1.48 bits per heavy atom. The summed E-state index contributed by atoms with van der Waals surface area (Å²) in [6, 6.07) is 20.6. The average molecular weight is 392 g/mol. The Labute approximate surface area is 171 Å². The number of rotatable bonds is 11. The number of halogens is 1. The van der Waals surface area contributed by atoms with E-state index in [-0.39, 0.29) is 18.5 Å². The van der Waals surface area contributed by atoms with Gasteiger partial charge in [-0.3, -0.25) is 0 Å². The molecule has 0 aromatic heterocycles. The molecule has 0 N–H and O–H groups in total. The molecule has 0 aliphatic rings. The molecule has 3 nitrogen and oxygen atoms in total. The molecule has 2 rings (SSSR count). The van der Waals surface area contributed by atoms with E-state index in [1.165, 1.54) is 5.56 Å². The molecule has 2 aromatic carbocycles. The molecule has 0 amide bonds. The summed E-state index contributed by atoms with van der Waals surface area (Å²) < 4.78 is 13.0. The van der Waals surface area contributed by atoms with E-state index in [1.807, 2.05) is 30.3 Å². The SMILES string of the molecule is CC(C)CC(COc1ccccc1)OCC[N+](C)(C)Cc1ccccc1.[Cl-]. The van der Waals surface area contributed by atoms with Gasteiger partial charge in [0, 0.05) is 5.56 Å². The number of hydrogen-bond acceptors (Lipinski definition) is 2. The third-order valence-electron chi connectivity index (χ3n) is 4.42. The number of ether oxygens (including phenoxy) is 2. The third kappa shape index (κ3) is 9.81. The number of likely N-dealkylation sites (N-methyl/N-ethyl adjacent to an activating group) is 1. The van der Waals surface area contributed by atoms with Crippen molar-refractivity contribution in [3.05, 3.63) is 66.2 Å². The largest absolute Gasteiger partial charge is 1.00 e. The van der Waals surface area contributed by atoms with E-state index < -0.39 is 0 Å². The van der Waals surface area contributed by atoms with Gasteiger partial charge in [0.1, 0.15) is 25.4 Å². The number of benzene rings is 2. The number of para-hydroxylation sites is 1. The van der Waals surface area contributed by atoms with Crippen molar-refractivity contribution >= 4 is 0 Å². The van der Waals surface area contributed by atoms with Crippen LogP contribution in [-0.4, -0.2) is 44.4 Å². The van der Waals surface area contributed by atoms with Gasteiger partial charge in [0.15, 0.2) is 0 Å². The molecule has 0 spiro atoms. The third-order valence-corrected chi connectivity index (χ3v) is 4.42. The minimum absolute atomic E-state index is 0. The minimum Gasteiger partial charge on any atom is -1.00 e. The lowest BCUT2D eigenvalue weighted by molar-refractivity contribution is -0.904. The molecular formula is C23H34ClNO2. The monoisotopic (exact) mass is 391 g/mol. The zero-order valence-electron chi connectivity index (χ0n) is 17.1. The van der Waals surface area contributed by atoms with Crippen LogP contribution >= 0.6 is 0 Å². The van der Waals surface area contributed by atoms with Crippen molar-refractivity contribution in [1.82, 2.24) is 0 Å². The normalized spacial score (nSPS) is 12.5. The van der Waals surface area contributed by atoms with Gasteiger partial charge in [0.2, 0.25) is 0 Å². The van der Waals surface area contributed by atoms with E-state index >= 15 is 0 Å². The van der Waals surface area contributed by atoms with Crippen LogP contribution < -0.4 is 17.1 Å². The van der Waals surface area contributed by atoms with Crippen LogP contribution in [0.3, 0.4) is 0 Å². The molecule has 0 aliphatic heterocycles. The van der Waals surface area contributed by atoms with Crippen LogP contribution in [0.25, 0.3) is 0 Å². The van der Waals surface area contributed by atoms with E-state index in [2.05, 4.69) is 58.3 Å². The Morgan fingerprint density at radius 3 is 2.07 bits per heavy atom. The van der Waals surface area contributed by atoms with Crippen molar-refractivity contribution in [2.24, 2.45) is 5.92 Å². The average Bonchev–Trinajstić information content (AvgIpc) is 2.60. The van der Waals surface area contributed by atoms with Crippen LogP contribution in [0.2, 0.25) is 0 Å². The molecule has 27 heavy (non-hydrogen) atoms. The minimum atomic E-state index is 0. The van der Waals surface area contributed by atoms with Crippen LogP contribution in [0.15, 0.2) is 60.7 Å². The molecule has 0 heterocycles. The first-order valence-corrected chi connectivity index (χ1v) is 9.60. The smallest absolute Gasteiger partial charge is 0.119 e. The van der Waals surface area contributed by atoms with Gasteiger partial charge < -0.3 is 26.4 Å². The van der Waals surface area contributed by atoms with Crippen molar-refractivity contribution in [1.29, 1.82) is 0 Å². The number of hydrogen-bond donors (Lipinski definition) is 0. The maximum atomic E-state index is 6.21. The highest BCUT2D eigenvalue weighted by Gasteiger charge is 2.18. The van der Waals surface area contributed by atoms with Gasteiger partial charge in [-0.05, 0) is 24.5 Å². The molecule has 4 heteroatoms. The Morgan fingerprint density at radius 1 is 0.889 bits per heavy atom. The van der Waals surface area contributed by atoms with Crippen LogP contribution in [-0.2, 0) is 11.3 Å². The van der Waals surface area contributed by atoms with Crippen molar-refractivity contribution < 1.29 is 26.4 Å². The molecule has 2 aromatic rings. The summed E-state index contributed by atoms with van der Waals surface area (Å²) in [5, 5.41) is 0. The van der Waals surface area contributed by atoms with E-state index in [0.717, 1.165) is 36.3 Å². The molecule has 150 valence electrons. The first-order valence-electron chi connectivity index (χ1n) is 9.60. The van der Waals surface area contributed by atoms with Gasteiger partial charge in [-0.25, -0.2) is 0 Å². The molecule has 0 radical (unpaired) electrons. The maximum absolute atomic E-state index is 6.21. The second-order valence-corrected chi connectivity index (χ2v) is 8.05. The highest BCUT2D eigenvalue weighted by molar-refractivity contribution is 5.20. The van der Waals surface area contributed by atoms with Gasteiger partial charge in [-0.2, -0.15) is 0 Å². The summed E-state index contributed by atoms with van der Waals surface area (Å²) in [7, 11) is 4.52. The van der Waals surface area contributed by atoms with E-state index in [4.69, 9.17) is 9.47 Å². The first-order chi connectivity index (χ1) is 12.4. The van der Waals surface area contributed by atoms with E-state index in [0.29, 0.717) is 12.5 Å². The fourth-order valence-electron chi connectivity index (χ4n) is 3.04. The lowest BCUT2D eigenvalue weighted by Gasteiger charge is -2.31. The topological polar surface area (TPSA) is 18.5 Å². The van der Waals surface area contributed by atoms with Crippen LogP contribution in [0.5, 0.6) is 5.75 Å². The molecule has 0 saturated carbocycles. The Hall–Kier alpha value is -1.55. The zero-order valence-corrected chi connectivity index (χ0v) is 17.9. The lowest BCUT2D eigenvalue weighted by Crippen LogP contribution is -3.00. The Balaban J connectivity index is 0.00000364. The molecule has 0 bridgehead atoms. The fraction of sp³-hybridized carbons (Fsp3) is 0.478. The van der Waals surface area contributed by atoms with Crippen LogP contribution in [0.1, 0.15) is 25.8 Å². The van der Waals surface area contributed by atoms with Gasteiger partial charge in [0.25, 0.3) is 0 Å². The van der Waals surface area contributed by atoms with Crippen molar-refractivity contribution in [2.45, 2.75) is 32.9 Å². The quantitative estimate of drug-likeness (QED) is 0.543. The van der Waals surface area contributed by atoms with E-state index in [1.54, 1.807) is 0 Å². The number of quaternary nitrogens is 1. The van der Waals surface area contributed by atoms with Crippen molar-refractivity contribution in [3.8, 4) is 5.75 Å². The number of nitrogens with zero attached hydrogens (tertiary/aromatic N) is 1. The Kier molecular flexibility index (Phi) is 10.5. The van der Waals surface area contributed by atoms with Crippen LogP contribution in [0, 0.1) is 5.92 Å². The predicted octanol–water partition coefficient (Wildman–Crippen LogP) is 1.78. The lowest BCUT2D eigenvalue weighted by atomic mass is 10.1. The zero-order chi connectivity index (χ0) is 18.8. The van der Waals surface area contributed by atoms with Gasteiger partial charge in [0.05, 0.1) is 26.8 Å². The summed E-state index contributed by atoms with van der Waals surface area (Å²) >= 11 is 0. The fourth-order valence-corrected chi connectivity index (χ4v) is 3.04. The summed E-state index contributed by atoms with van der Waals surface area (Å²) in [5.41, 5.74) is 1.36. The highest BCUT2D eigenvalue weighted by atomic mass is 35.5. The van der Waals surface area contributed by atoms with Crippen molar-refractivity contribution in [3.63, 3.8) is 0 Å². The predicted molar refractivity (Wildman–Crippen MR) is 108 cm³/mol. The van der Waals surface area contributed by atoms with Crippen molar-refractivity contribution in [2.75, 3.05) is 33.9 Å². The summed E-state index contributed by atoms with van der Waals surface area (Å²) in [5.74, 6) is 1.50. The van der Waals surface area contributed by atoms with Gasteiger partial charge >= 0.3 is 0 Å². The molecule has 0 aliphatic carbocycles. The highest BCUT2D eigenvalue weighted by Crippen LogP contribution is 2.14. The maximum Gasteiger partial charge on any atom is 0.119 e. The molecule has 0 saturated heterocycles. The van der Waals surface area contributed by atoms with Gasteiger partial charge in [-0.1, -0.05) is 62.4 Å². The molecule has 1 unspecified atom stereocenters. The second kappa shape index (κ2) is 12.0. The summed E-state index contributed by atoms with van der Waals surface area (Å²) in [6.45, 7) is 7.81. The molecular weight excluding hydrogens is 358 g/mol. The molecule has 1 atom stereocenters. The van der Waals surface area contributed by atoms with Gasteiger partial charge in [-0.15, -0.1) is 0 Å². The summed E-state index contributed by atoms with van der Waals surface area (Å²) in [4.78, 5) is 0. The van der Waals surface area contributed by atoms with E-state index in [9.17, 15) is 0 Å². The molecule has 0 fully saturated rings. The Bertz CT molecular complexity index is 617. The standard InChI is InChI=1S/C23H34NO2.ClH/c1-20(2)17-23(19-26-22-13-9-6-10-14-22)25-16-15-24(3,4)18-21-11-7-5-8-12-21;/h5-14,20,23H,15-19H2,1-4H3;1H/q+1;/p-1. The second-order valence-electron chi connectivity index (χ2n) is 8.05. The van der Waals surface area contributed by atoms with Crippen LogP contribution in [0.4, 0.5) is 0 Å². The summed E-state index contributed by atoms with van der Waals surface area (Å²) in [6.07, 6.45) is 1.14.